The maximum atomic E-state index is 13.7. The summed E-state index contributed by atoms with van der Waals surface area (Å²) >= 11 is 3.42. The molecule has 0 aromatic heterocycles. The summed E-state index contributed by atoms with van der Waals surface area (Å²) in [6, 6.07) is 20.9. The van der Waals surface area contributed by atoms with Crippen molar-refractivity contribution in [3.05, 3.63) is 99.2 Å². The maximum absolute atomic E-state index is 13.7. The summed E-state index contributed by atoms with van der Waals surface area (Å²) in [5.74, 6) is -0.371. The van der Waals surface area contributed by atoms with E-state index in [0.717, 1.165) is 16.7 Å². The summed E-state index contributed by atoms with van der Waals surface area (Å²) in [7, 11) is -0.689. The second kappa shape index (κ2) is 10.3. The molecule has 5 rings (SSSR count). The van der Waals surface area contributed by atoms with Crippen molar-refractivity contribution >= 4 is 35.2 Å². The van der Waals surface area contributed by atoms with E-state index < -0.39 is 24.4 Å². The minimum atomic E-state index is -0.689. The Bertz CT molecular complexity index is 1350. The van der Waals surface area contributed by atoms with E-state index in [4.69, 9.17) is 14.0 Å². The van der Waals surface area contributed by atoms with Gasteiger partial charge < -0.3 is 19.4 Å². The molecule has 1 N–H and O–H groups in total. The lowest BCUT2D eigenvalue weighted by molar-refractivity contribution is 0.00578. The second-order valence-corrected chi connectivity index (χ2v) is 11.5. The standard InChI is InChI=1S/C30H30BBrFNO4/c1-29(2)30(3,4)38-31(37-29)20(15-19-13-14-21(33)16-27(19)32)17-34-28(35)36-18-26-24-11-7-5-9-22(24)23-10-6-8-12-25(23)26/h5-16,26H,17-18H2,1-4H3,(H,34,35). The molecule has 0 bridgehead atoms. The van der Waals surface area contributed by atoms with E-state index in [9.17, 15) is 9.18 Å². The van der Waals surface area contributed by atoms with Gasteiger partial charge in [-0.25, -0.2) is 9.18 Å². The first kappa shape index (κ1) is 26.7. The van der Waals surface area contributed by atoms with Crippen LogP contribution in [0.25, 0.3) is 17.2 Å². The highest BCUT2D eigenvalue weighted by Gasteiger charge is 2.52. The molecule has 1 aliphatic carbocycles. The van der Waals surface area contributed by atoms with Crippen molar-refractivity contribution < 1.29 is 23.2 Å². The third kappa shape index (κ3) is 5.17. The van der Waals surface area contributed by atoms with Crippen molar-refractivity contribution in [2.75, 3.05) is 13.2 Å². The van der Waals surface area contributed by atoms with Crippen LogP contribution in [0.3, 0.4) is 0 Å². The fourth-order valence-corrected chi connectivity index (χ4v) is 5.30. The van der Waals surface area contributed by atoms with Crippen LogP contribution >= 0.6 is 15.9 Å². The molecule has 0 spiro atoms. The number of rotatable bonds is 6. The van der Waals surface area contributed by atoms with Gasteiger partial charge in [0.05, 0.1) is 11.2 Å². The van der Waals surface area contributed by atoms with Gasteiger partial charge in [0, 0.05) is 16.9 Å². The molecular weight excluding hydrogens is 548 g/mol. The summed E-state index contributed by atoms with van der Waals surface area (Å²) in [6.07, 6.45) is 1.31. The van der Waals surface area contributed by atoms with E-state index in [-0.39, 0.29) is 24.9 Å². The average Bonchev–Trinajstić information content (AvgIpc) is 3.30. The van der Waals surface area contributed by atoms with Crippen molar-refractivity contribution in [3.8, 4) is 11.1 Å². The van der Waals surface area contributed by atoms with Crippen molar-refractivity contribution in [3.63, 3.8) is 0 Å². The Morgan fingerprint density at radius 1 is 1.00 bits per heavy atom. The molecule has 1 amide bonds. The fourth-order valence-electron chi connectivity index (χ4n) is 4.84. The smallest absolute Gasteiger partial charge is 0.449 e. The van der Waals surface area contributed by atoms with Gasteiger partial charge in [-0.05, 0) is 73.1 Å². The number of nitrogens with one attached hydrogen (secondary N) is 1. The van der Waals surface area contributed by atoms with E-state index in [0.29, 0.717) is 9.95 Å². The first-order valence-electron chi connectivity index (χ1n) is 12.7. The first-order valence-corrected chi connectivity index (χ1v) is 13.4. The Balaban J connectivity index is 1.31. The highest BCUT2D eigenvalue weighted by atomic mass is 79.9. The lowest BCUT2D eigenvalue weighted by Gasteiger charge is -2.32. The van der Waals surface area contributed by atoms with Crippen LogP contribution in [0.4, 0.5) is 9.18 Å². The van der Waals surface area contributed by atoms with E-state index in [2.05, 4.69) is 45.5 Å². The zero-order chi connectivity index (χ0) is 27.1. The topological polar surface area (TPSA) is 56.8 Å². The fraction of sp³-hybridized carbons (Fsp3) is 0.300. The van der Waals surface area contributed by atoms with E-state index in [1.54, 1.807) is 6.07 Å². The van der Waals surface area contributed by atoms with Gasteiger partial charge in [0.1, 0.15) is 12.4 Å². The molecule has 1 aliphatic heterocycles. The van der Waals surface area contributed by atoms with Crippen molar-refractivity contribution in [2.45, 2.75) is 44.8 Å². The molecule has 3 aromatic carbocycles. The highest BCUT2D eigenvalue weighted by molar-refractivity contribution is 9.10. The van der Waals surface area contributed by atoms with Crippen LogP contribution in [0.2, 0.25) is 0 Å². The SMILES string of the molecule is CC1(C)OB(C(=Cc2ccc(F)cc2Br)CNC(=O)OCC2c3ccccc3-c3ccccc32)OC1(C)C. The lowest BCUT2D eigenvalue weighted by Crippen LogP contribution is -2.41. The molecule has 38 heavy (non-hydrogen) atoms. The number of alkyl carbamates (subject to hydrolysis) is 1. The first-order chi connectivity index (χ1) is 18.1. The van der Waals surface area contributed by atoms with Crippen LogP contribution in [0, 0.1) is 5.82 Å². The van der Waals surface area contributed by atoms with Crippen LogP contribution in [-0.2, 0) is 14.0 Å². The quantitative estimate of drug-likeness (QED) is 0.316. The number of hydrogen-bond donors (Lipinski definition) is 1. The van der Waals surface area contributed by atoms with E-state index in [1.807, 2.05) is 58.0 Å². The lowest BCUT2D eigenvalue weighted by atomic mass is 9.77. The number of fused-ring (bicyclic) bond motifs is 3. The summed E-state index contributed by atoms with van der Waals surface area (Å²) in [4.78, 5) is 12.9. The molecule has 0 saturated carbocycles. The van der Waals surface area contributed by atoms with Gasteiger partial charge in [0.2, 0.25) is 0 Å². The van der Waals surface area contributed by atoms with Crippen LogP contribution in [0.1, 0.15) is 50.3 Å². The van der Waals surface area contributed by atoms with Gasteiger partial charge >= 0.3 is 13.2 Å². The van der Waals surface area contributed by atoms with Crippen LogP contribution in [0.15, 0.2) is 76.7 Å². The van der Waals surface area contributed by atoms with Gasteiger partial charge in [0.25, 0.3) is 0 Å². The molecule has 5 nitrogen and oxygen atoms in total. The molecule has 2 aliphatic rings. The molecular formula is C30H30BBrFNO4. The zero-order valence-corrected chi connectivity index (χ0v) is 23.5. The summed E-state index contributed by atoms with van der Waals surface area (Å²) in [6.45, 7) is 8.24. The Kier molecular flexibility index (Phi) is 7.24. The minimum absolute atomic E-state index is 0.0265. The van der Waals surface area contributed by atoms with Gasteiger partial charge in [-0.15, -0.1) is 0 Å². The van der Waals surface area contributed by atoms with Gasteiger partial charge in [-0.1, -0.05) is 76.6 Å². The normalized spacial score (nSPS) is 17.7. The van der Waals surface area contributed by atoms with Crippen molar-refractivity contribution in [2.24, 2.45) is 0 Å². The molecule has 3 aromatic rings. The molecule has 0 radical (unpaired) electrons. The summed E-state index contributed by atoms with van der Waals surface area (Å²) in [5.41, 5.74) is 4.97. The van der Waals surface area contributed by atoms with Crippen LogP contribution in [-0.4, -0.2) is 37.6 Å². The molecule has 8 heteroatoms. The molecule has 1 saturated heterocycles. The Hall–Kier alpha value is -2.94. The Morgan fingerprint density at radius 2 is 1.58 bits per heavy atom. The number of hydrogen-bond acceptors (Lipinski definition) is 4. The van der Waals surface area contributed by atoms with Crippen LogP contribution in [0.5, 0.6) is 0 Å². The average molecular weight is 578 g/mol. The number of benzene rings is 3. The number of amides is 1. The van der Waals surface area contributed by atoms with Crippen molar-refractivity contribution in [1.82, 2.24) is 5.32 Å². The van der Waals surface area contributed by atoms with E-state index >= 15 is 0 Å². The second-order valence-electron chi connectivity index (χ2n) is 10.7. The summed E-state index contributed by atoms with van der Waals surface area (Å²) in [5, 5.41) is 2.86. The van der Waals surface area contributed by atoms with Gasteiger partial charge in [0.15, 0.2) is 0 Å². The molecule has 0 atom stereocenters. The van der Waals surface area contributed by atoms with Crippen LogP contribution < -0.4 is 5.32 Å². The molecule has 1 heterocycles. The van der Waals surface area contributed by atoms with Gasteiger partial charge in [-0.3, -0.25) is 0 Å². The molecule has 0 unspecified atom stereocenters. The zero-order valence-electron chi connectivity index (χ0n) is 21.9. The predicted octanol–water partition coefficient (Wildman–Crippen LogP) is 7.14. The predicted molar refractivity (Wildman–Crippen MR) is 151 cm³/mol. The van der Waals surface area contributed by atoms with Gasteiger partial charge in [-0.2, -0.15) is 0 Å². The van der Waals surface area contributed by atoms with Crippen molar-refractivity contribution in [1.29, 1.82) is 0 Å². The highest BCUT2D eigenvalue weighted by Crippen LogP contribution is 2.44. The monoisotopic (exact) mass is 577 g/mol. The Labute approximate surface area is 231 Å². The maximum Gasteiger partial charge on any atom is 0.492 e. The number of carbonyl (C=O) groups excluding carboxylic acids is 1. The third-order valence-corrected chi connectivity index (χ3v) is 8.33. The number of halogens is 2. The summed E-state index contributed by atoms with van der Waals surface area (Å²) < 4.78 is 32.4. The number of carbonyl (C=O) groups is 1. The Morgan fingerprint density at radius 3 is 2.16 bits per heavy atom. The third-order valence-electron chi connectivity index (χ3n) is 7.64. The largest absolute Gasteiger partial charge is 0.492 e. The number of ether oxygens (including phenoxy) is 1. The molecule has 196 valence electrons. The van der Waals surface area contributed by atoms with E-state index in [1.165, 1.54) is 23.3 Å². The molecule has 1 fully saturated rings. The minimum Gasteiger partial charge on any atom is -0.449 e.